The normalized spacial score (nSPS) is 18.6. The third-order valence-electron chi connectivity index (χ3n) is 3.51. The van der Waals surface area contributed by atoms with E-state index in [0.717, 1.165) is 10.6 Å². The van der Waals surface area contributed by atoms with Crippen molar-refractivity contribution in [3.05, 3.63) is 0 Å². The topological polar surface area (TPSA) is 47.6 Å². The van der Waals surface area contributed by atoms with E-state index in [2.05, 4.69) is 9.94 Å². The van der Waals surface area contributed by atoms with E-state index in [1.807, 2.05) is 0 Å². The molecule has 0 bridgehead atoms. The van der Waals surface area contributed by atoms with Gasteiger partial charge in [-0.2, -0.15) is 0 Å². The van der Waals surface area contributed by atoms with Crippen LogP contribution in [0.1, 0.15) is 44.9 Å². The summed E-state index contributed by atoms with van der Waals surface area (Å²) in [5, 5.41) is 19.5. The van der Waals surface area contributed by atoms with Crippen molar-refractivity contribution in [3.63, 3.8) is 0 Å². The van der Waals surface area contributed by atoms with Crippen LogP contribution in [0.3, 0.4) is 0 Å². The molecule has 0 aliphatic heterocycles. The van der Waals surface area contributed by atoms with Gasteiger partial charge in [-0.05, 0) is 0 Å². The fourth-order valence-electron chi connectivity index (χ4n) is 2.55. The molecule has 0 aromatic rings. The van der Waals surface area contributed by atoms with E-state index in [1.165, 1.54) is 44.9 Å². The van der Waals surface area contributed by atoms with E-state index in [-0.39, 0.29) is 29.9 Å². The molecule has 0 radical (unpaired) electrons. The summed E-state index contributed by atoms with van der Waals surface area (Å²) in [6.07, 6.45) is 9.27. The third kappa shape index (κ3) is 4.90. The zero-order valence-electron chi connectivity index (χ0n) is 9.57. The van der Waals surface area contributed by atoms with Gasteiger partial charge in [-0.3, -0.25) is 0 Å². The molecule has 0 N–H and O–H groups in total. The first-order chi connectivity index (χ1) is 7.83. The number of nitriles is 2. The number of nitrogens with zero attached hydrogens (tertiary/aromatic N) is 2. The predicted molar refractivity (Wildman–Crippen MR) is 67.1 cm³/mol. The molecule has 0 aromatic carbocycles. The molecule has 1 aliphatic rings. The Morgan fingerprint density at radius 2 is 1.38 bits per heavy atom. The molecule has 1 aliphatic carbocycles. The van der Waals surface area contributed by atoms with Crippen molar-refractivity contribution in [2.45, 2.75) is 55.6 Å². The van der Waals surface area contributed by atoms with Gasteiger partial charge >= 0.3 is 111 Å². The number of hydrogen-bond acceptors (Lipinski definition) is 2. The minimum atomic E-state index is 0.185. The van der Waals surface area contributed by atoms with Gasteiger partial charge in [0.15, 0.2) is 0 Å². The van der Waals surface area contributed by atoms with Crippen LogP contribution in [0.5, 0.6) is 0 Å². The molecule has 0 spiro atoms. The van der Waals surface area contributed by atoms with Gasteiger partial charge < -0.3 is 0 Å². The first-order valence-electron chi connectivity index (χ1n) is 5.85. The number of rotatable bonds is 6. The molecule has 4 heteroatoms. The van der Waals surface area contributed by atoms with Crippen LogP contribution in [-0.2, 0) is 0 Å². The predicted octanol–water partition coefficient (Wildman–Crippen LogP) is 2.92. The van der Waals surface area contributed by atoms with Crippen LogP contribution in [0, 0.1) is 25.9 Å². The van der Waals surface area contributed by atoms with Gasteiger partial charge in [-0.25, -0.2) is 0 Å². The van der Waals surface area contributed by atoms with Crippen LogP contribution in [0.25, 0.3) is 0 Å². The third-order valence-corrected chi connectivity index (χ3v) is 5.77. The van der Waals surface area contributed by atoms with Gasteiger partial charge in [0.2, 0.25) is 0 Å². The average Bonchev–Trinajstić information content (AvgIpc) is 2.31. The molecule has 1 rings (SSSR count). The Hall–Kier alpha value is 0.0190. The first-order valence-corrected chi connectivity index (χ1v) is 9.98. The fraction of sp³-hybridized carbons (Fsp3) is 0.833. The van der Waals surface area contributed by atoms with E-state index >= 15 is 0 Å². The van der Waals surface area contributed by atoms with Gasteiger partial charge in [0, 0.05) is 0 Å². The molecule has 1 saturated carbocycles. The fourth-order valence-corrected chi connectivity index (χ4v) is 5.18. The molecule has 0 heterocycles. The molecule has 2 nitrogen and oxygen atoms in total. The van der Waals surface area contributed by atoms with E-state index in [4.69, 9.17) is 10.5 Å². The summed E-state index contributed by atoms with van der Waals surface area (Å²) in [7, 11) is 0. The summed E-state index contributed by atoms with van der Waals surface area (Å²) < 4.78 is 0. The second-order valence-corrected chi connectivity index (χ2v) is 8.13. The van der Waals surface area contributed by atoms with Gasteiger partial charge in [-0.15, -0.1) is 0 Å². The summed E-state index contributed by atoms with van der Waals surface area (Å²) in [5.41, 5.74) is 0.509. The molecule has 0 amide bonds. The Morgan fingerprint density at radius 3 is 1.81 bits per heavy atom. The van der Waals surface area contributed by atoms with Crippen LogP contribution in [0.2, 0.25) is 10.6 Å². The Kier molecular flexibility index (Phi) is 7.18. The van der Waals surface area contributed by atoms with Crippen molar-refractivity contribution in [1.82, 2.24) is 0 Å². The summed E-state index contributed by atoms with van der Waals surface area (Å²) >= 11 is 0.371. The maximum atomic E-state index is 8.63. The quantitative estimate of drug-likeness (QED) is 0.547. The van der Waals surface area contributed by atoms with Crippen molar-refractivity contribution in [2.75, 3.05) is 0 Å². The Morgan fingerprint density at radius 1 is 0.875 bits per heavy atom. The molecular weight excluding hydrogens is 330 g/mol. The van der Waals surface area contributed by atoms with Gasteiger partial charge in [0.05, 0.1) is 0 Å². The average molecular weight is 348 g/mol. The van der Waals surface area contributed by atoms with E-state index in [1.54, 1.807) is 0 Å². The van der Waals surface area contributed by atoms with Crippen molar-refractivity contribution < 1.29 is 0 Å². The van der Waals surface area contributed by atoms with Crippen LogP contribution in [0.15, 0.2) is 0 Å². The van der Waals surface area contributed by atoms with Crippen molar-refractivity contribution >= 4 is 29.9 Å². The SMILES string of the molecule is N#C[Se]CCC1(CC[Se]C#N)CCCCC1. The number of hydrogen-bond donors (Lipinski definition) is 0. The molecule has 1 fully saturated rings. The van der Waals surface area contributed by atoms with Crippen LogP contribution in [0.4, 0.5) is 0 Å². The van der Waals surface area contributed by atoms with Gasteiger partial charge in [-0.1, -0.05) is 0 Å². The standard InChI is InChI=1S/C12H18N2Se2/c13-10-15-8-6-12(7-9-16-11-14)4-2-1-3-5-12/h1-9H2. The first kappa shape index (κ1) is 14.1. The minimum absolute atomic E-state index is 0.185. The molecule has 0 atom stereocenters. The van der Waals surface area contributed by atoms with Crippen molar-refractivity contribution in [3.8, 4) is 9.94 Å². The van der Waals surface area contributed by atoms with Gasteiger partial charge in [0.25, 0.3) is 0 Å². The zero-order valence-corrected chi connectivity index (χ0v) is 13.0. The van der Waals surface area contributed by atoms with E-state index in [0.29, 0.717) is 5.41 Å². The molecule has 0 unspecified atom stereocenters. The molecule has 0 aromatic heterocycles. The molecule has 0 saturated heterocycles. The van der Waals surface area contributed by atoms with Crippen molar-refractivity contribution in [1.29, 1.82) is 10.5 Å². The van der Waals surface area contributed by atoms with Crippen LogP contribution >= 0.6 is 0 Å². The molecular formula is C12H18N2Se2. The summed E-state index contributed by atoms with van der Waals surface area (Å²) in [5.74, 6) is 0. The van der Waals surface area contributed by atoms with Gasteiger partial charge in [0.1, 0.15) is 0 Å². The molecule has 16 heavy (non-hydrogen) atoms. The Balaban J connectivity index is 2.40. The Bertz CT molecular complexity index is 250. The zero-order chi connectivity index (χ0) is 11.7. The van der Waals surface area contributed by atoms with Crippen molar-refractivity contribution in [2.24, 2.45) is 5.41 Å². The maximum absolute atomic E-state index is 8.63. The second kappa shape index (κ2) is 8.16. The Labute approximate surface area is 111 Å². The van der Waals surface area contributed by atoms with Crippen LogP contribution < -0.4 is 0 Å². The van der Waals surface area contributed by atoms with E-state index in [9.17, 15) is 0 Å². The van der Waals surface area contributed by atoms with Crippen LogP contribution in [-0.4, -0.2) is 29.9 Å². The summed E-state index contributed by atoms with van der Waals surface area (Å²) in [6.45, 7) is 0. The summed E-state index contributed by atoms with van der Waals surface area (Å²) in [6, 6.07) is 0. The molecule has 88 valence electrons. The summed E-state index contributed by atoms with van der Waals surface area (Å²) in [4.78, 5) is 4.61. The second-order valence-electron chi connectivity index (χ2n) is 4.44. The van der Waals surface area contributed by atoms with E-state index < -0.39 is 0 Å². The monoisotopic (exact) mass is 350 g/mol.